The molecule has 1 N–H and O–H groups in total. The summed E-state index contributed by atoms with van der Waals surface area (Å²) in [5, 5.41) is 10.1. The number of nitrogens with zero attached hydrogens (tertiary/aromatic N) is 3. The Labute approximate surface area is 204 Å². The van der Waals surface area contributed by atoms with Gasteiger partial charge in [-0.15, -0.1) is 28.0 Å². The molecule has 0 radical (unpaired) electrons. The van der Waals surface area contributed by atoms with E-state index in [2.05, 4.69) is 15.5 Å². The average Bonchev–Trinajstić information content (AvgIpc) is 3.53. The van der Waals surface area contributed by atoms with E-state index in [1.165, 1.54) is 11.1 Å². The van der Waals surface area contributed by atoms with Crippen LogP contribution in [0.15, 0.2) is 24.4 Å². The van der Waals surface area contributed by atoms with E-state index in [1.54, 1.807) is 12.1 Å². The molecule has 180 valence electrons. The van der Waals surface area contributed by atoms with Gasteiger partial charge in [-0.25, -0.2) is 4.39 Å². The predicted octanol–water partition coefficient (Wildman–Crippen LogP) is 2.81. The van der Waals surface area contributed by atoms with Crippen LogP contribution in [-0.2, 0) is 14.3 Å². The maximum Gasteiger partial charge on any atom is 0.262 e. The largest absolute Gasteiger partial charge is 0.366 e. The quantitative estimate of drug-likeness (QED) is 0.626. The molecule has 2 aliphatic heterocycles. The van der Waals surface area contributed by atoms with Crippen molar-refractivity contribution in [3.8, 4) is 10.6 Å². The van der Waals surface area contributed by atoms with E-state index in [4.69, 9.17) is 16.3 Å². The third-order valence-electron chi connectivity index (χ3n) is 6.79. The number of halogens is 2. The van der Waals surface area contributed by atoms with Gasteiger partial charge in [0.15, 0.2) is 5.78 Å². The summed E-state index contributed by atoms with van der Waals surface area (Å²) >= 11 is 7.34. The lowest BCUT2D eigenvalue weighted by Gasteiger charge is -2.34. The van der Waals surface area contributed by atoms with Crippen LogP contribution in [0.5, 0.6) is 0 Å². The van der Waals surface area contributed by atoms with Crippen molar-refractivity contribution in [2.45, 2.75) is 55.7 Å². The van der Waals surface area contributed by atoms with Crippen LogP contribution in [0.1, 0.15) is 41.8 Å². The fraction of sp³-hybridized carbons (Fsp3) is 0.522. The minimum Gasteiger partial charge on any atom is -0.366 e. The zero-order chi connectivity index (χ0) is 23.8. The number of Topliss-reactive ketones (excluding diaryl/α,β-unsaturated/α-hetero) is 1. The van der Waals surface area contributed by atoms with Crippen molar-refractivity contribution in [2.24, 2.45) is 5.92 Å². The summed E-state index contributed by atoms with van der Waals surface area (Å²) in [6.45, 7) is 0.118. The lowest BCUT2D eigenvalue weighted by Crippen LogP contribution is -2.55. The monoisotopic (exact) mass is 506 g/mol. The second-order valence-electron chi connectivity index (χ2n) is 8.94. The molecule has 3 aliphatic rings. The molecule has 1 unspecified atom stereocenters. The summed E-state index contributed by atoms with van der Waals surface area (Å²) in [6.07, 6.45) is 5.53. The maximum atomic E-state index is 14.6. The zero-order valence-electron chi connectivity index (χ0n) is 18.3. The summed E-state index contributed by atoms with van der Waals surface area (Å²) in [6, 6.07) is 2.86. The molecule has 8 nitrogen and oxygen atoms in total. The molecular weight excluding hydrogens is 483 g/mol. The van der Waals surface area contributed by atoms with Gasteiger partial charge in [0.2, 0.25) is 5.91 Å². The van der Waals surface area contributed by atoms with Gasteiger partial charge in [-0.2, -0.15) is 5.10 Å². The number of amides is 2. The number of fused-ring (bicyclic) bond motifs is 1. The van der Waals surface area contributed by atoms with Gasteiger partial charge in [0, 0.05) is 12.7 Å². The van der Waals surface area contributed by atoms with Gasteiger partial charge >= 0.3 is 0 Å². The van der Waals surface area contributed by atoms with Gasteiger partial charge < -0.3 is 15.0 Å². The Morgan fingerprint density at radius 2 is 2.09 bits per heavy atom. The summed E-state index contributed by atoms with van der Waals surface area (Å²) < 4.78 is 20.1. The molecule has 3 fully saturated rings. The smallest absolute Gasteiger partial charge is 0.262 e. The van der Waals surface area contributed by atoms with E-state index >= 15 is 0 Å². The first-order chi connectivity index (χ1) is 16.4. The van der Waals surface area contributed by atoms with Crippen molar-refractivity contribution in [1.29, 1.82) is 0 Å². The molecule has 1 aliphatic carbocycles. The number of rotatable bonds is 5. The molecule has 5 rings (SSSR count). The lowest BCUT2D eigenvalue weighted by atomic mass is 9.83. The number of ether oxygens (including phenoxy) is 1. The number of ketones is 1. The van der Waals surface area contributed by atoms with Gasteiger partial charge in [0.25, 0.3) is 5.91 Å². The third kappa shape index (κ3) is 4.34. The number of hydrogen-bond donors (Lipinski definition) is 1. The highest BCUT2D eigenvalue weighted by Crippen LogP contribution is 2.35. The van der Waals surface area contributed by atoms with Crippen molar-refractivity contribution >= 4 is 40.5 Å². The molecule has 4 heterocycles. The van der Waals surface area contributed by atoms with Crippen molar-refractivity contribution in [2.75, 3.05) is 13.2 Å². The van der Waals surface area contributed by atoms with Gasteiger partial charge in [-0.3, -0.25) is 14.4 Å². The molecule has 0 bridgehead atoms. The number of carbonyl (C=O) groups is 3. The summed E-state index contributed by atoms with van der Waals surface area (Å²) in [5.41, 5.74) is 0.333. The Balaban J connectivity index is 1.39. The summed E-state index contributed by atoms with van der Waals surface area (Å²) in [5.74, 6) is -1.68. The first-order valence-corrected chi connectivity index (χ1v) is 12.7. The molecule has 2 saturated heterocycles. The van der Waals surface area contributed by atoms with Crippen LogP contribution < -0.4 is 5.32 Å². The minimum atomic E-state index is -0.825. The van der Waals surface area contributed by atoms with E-state index in [0.29, 0.717) is 5.69 Å². The molecule has 2 aromatic heterocycles. The van der Waals surface area contributed by atoms with Crippen molar-refractivity contribution < 1.29 is 23.5 Å². The molecule has 0 spiro atoms. The van der Waals surface area contributed by atoms with Crippen LogP contribution >= 0.6 is 22.9 Å². The number of carbonyl (C=O) groups excluding carboxylic acids is 3. The van der Waals surface area contributed by atoms with Gasteiger partial charge in [-0.05, 0) is 37.0 Å². The van der Waals surface area contributed by atoms with E-state index in [-0.39, 0.29) is 40.5 Å². The molecule has 2 amide bonds. The van der Waals surface area contributed by atoms with Crippen LogP contribution in [0.3, 0.4) is 0 Å². The van der Waals surface area contributed by atoms with Crippen LogP contribution in [0.4, 0.5) is 4.39 Å². The maximum absolute atomic E-state index is 14.6. The Morgan fingerprint density at radius 1 is 1.29 bits per heavy atom. The second kappa shape index (κ2) is 9.67. The van der Waals surface area contributed by atoms with E-state index in [0.717, 1.165) is 49.5 Å². The number of aromatic nitrogens is 2. The predicted molar refractivity (Wildman–Crippen MR) is 123 cm³/mol. The molecule has 11 heteroatoms. The number of thiophene rings is 1. The van der Waals surface area contributed by atoms with Gasteiger partial charge in [0.05, 0.1) is 15.1 Å². The molecule has 1 saturated carbocycles. The summed E-state index contributed by atoms with van der Waals surface area (Å²) in [4.78, 5) is 41.1. The fourth-order valence-corrected chi connectivity index (χ4v) is 6.40. The van der Waals surface area contributed by atoms with Crippen LogP contribution in [0.25, 0.3) is 10.6 Å². The SMILES string of the molecule is O=C(NC(C(=O)N1C[C@H](Cl)[C@H]2OCC(=O)[C@H]21)C1CCCCC1)c1cc(F)c(-c2cccnn2)s1. The Hall–Kier alpha value is -2.43. The van der Waals surface area contributed by atoms with Crippen molar-refractivity contribution in [3.63, 3.8) is 0 Å². The molecular formula is C23H24ClFN4O4S. The van der Waals surface area contributed by atoms with Crippen molar-refractivity contribution in [3.05, 3.63) is 35.1 Å². The van der Waals surface area contributed by atoms with E-state index in [9.17, 15) is 18.8 Å². The Kier molecular flexibility index (Phi) is 6.63. The first kappa shape index (κ1) is 23.3. The lowest BCUT2D eigenvalue weighted by molar-refractivity contribution is -0.139. The number of hydrogen-bond acceptors (Lipinski definition) is 7. The molecule has 4 atom stereocenters. The number of alkyl halides is 1. The normalized spacial score (nSPS) is 25.9. The topological polar surface area (TPSA) is 101 Å². The van der Waals surface area contributed by atoms with Crippen LogP contribution in [-0.4, -0.2) is 69.4 Å². The van der Waals surface area contributed by atoms with E-state index < -0.39 is 35.3 Å². The highest BCUT2D eigenvalue weighted by atomic mass is 35.5. The molecule has 34 heavy (non-hydrogen) atoms. The van der Waals surface area contributed by atoms with Gasteiger partial charge in [-0.1, -0.05) is 19.3 Å². The third-order valence-corrected chi connectivity index (χ3v) is 8.31. The van der Waals surface area contributed by atoms with Crippen LogP contribution in [0, 0.1) is 11.7 Å². The van der Waals surface area contributed by atoms with Gasteiger partial charge in [0.1, 0.15) is 36.3 Å². The molecule has 2 aromatic rings. The Bertz CT molecular complexity index is 1090. The van der Waals surface area contributed by atoms with Crippen molar-refractivity contribution in [1.82, 2.24) is 20.4 Å². The zero-order valence-corrected chi connectivity index (χ0v) is 19.9. The summed E-state index contributed by atoms with van der Waals surface area (Å²) in [7, 11) is 0. The molecule has 0 aromatic carbocycles. The Morgan fingerprint density at radius 3 is 2.82 bits per heavy atom. The average molecular weight is 507 g/mol. The standard InChI is InChI=1S/C23H24ClFN4O4S/c24-13-10-29(19-16(30)11-33-20(13)19)23(32)18(12-5-2-1-3-6-12)27-22(31)17-9-14(25)21(34-17)15-7-4-8-26-28-15/h4,7-9,12-13,18-20H,1-3,5-6,10-11H2,(H,27,31)/t13-,18?,19+,20+/m0/s1. The highest BCUT2D eigenvalue weighted by molar-refractivity contribution is 7.17. The highest BCUT2D eigenvalue weighted by Gasteiger charge is 2.53. The second-order valence-corrected chi connectivity index (χ2v) is 10.6. The fourth-order valence-electron chi connectivity index (χ4n) is 5.14. The number of likely N-dealkylation sites (tertiary alicyclic amines) is 1. The van der Waals surface area contributed by atoms with E-state index in [1.807, 2.05) is 0 Å². The minimum absolute atomic E-state index is 0.0670. The first-order valence-electron chi connectivity index (χ1n) is 11.4. The van der Waals surface area contributed by atoms with Crippen LogP contribution in [0.2, 0.25) is 0 Å². The number of nitrogens with one attached hydrogen (secondary N) is 1.